The monoisotopic (exact) mass is 264 g/mol. The van der Waals surface area contributed by atoms with Gasteiger partial charge in [0.05, 0.1) is 11.3 Å². The Balaban J connectivity index is 0.00000162. The summed E-state index contributed by atoms with van der Waals surface area (Å²) in [4.78, 5) is 15.1. The molecule has 2 aromatic rings. The van der Waals surface area contributed by atoms with Crippen LogP contribution < -0.4 is 5.73 Å². The summed E-state index contributed by atoms with van der Waals surface area (Å²) < 4.78 is 0. The van der Waals surface area contributed by atoms with Crippen LogP contribution in [0.1, 0.15) is 15.9 Å². The minimum absolute atomic E-state index is 0. The molecule has 0 fully saturated rings. The lowest BCUT2D eigenvalue weighted by atomic mass is 10.1. The van der Waals surface area contributed by atoms with Gasteiger partial charge in [-0.2, -0.15) is 0 Å². The van der Waals surface area contributed by atoms with Crippen LogP contribution in [0.25, 0.3) is 11.3 Å². The van der Waals surface area contributed by atoms with Gasteiger partial charge in [0.2, 0.25) is 0 Å². The van der Waals surface area contributed by atoms with E-state index >= 15 is 0 Å². The van der Waals surface area contributed by atoms with Crippen LogP contribution >= 0.6 is 12.4 Å². The van der Waals surface area contributed by atoms with Crippen LogP contribution in [0.4, 0.5) is 0 Å². The molecular weight excluding hydrogens is 252 g/mol. The number of benzene rings is 1. The van der Waals surface area contributed by atoms with Crippen LogP contribution in [-0.2, 0) is 6.54 Å². The van der Waals surface area contributed by atoms with E-state index in [2.05, 4.69) is 4.98 Å². The second-order valence-electron chi connectivity index (χ2n) is 3.64. The number of aromatic nitrogens is 1. The molecule has 0 radical (unpaired) electrons. The van der Waals surface area contributed by atoms with E-state index in [9.17, 15) is 4.79 Å². The zero-order valence-electron chi connectivity index (χ0n) is 9.54. The topological polar surface area (TPSA) is 76.2 Å². The Bertz CT molecular complexity index is 558. The van der Waals surface area contributed by atoms with E-state index in [1.165, 1.54) is 0 Å². The van der Waals surface area contributed by atoms with E-state index < -0.39 is 5.97 Å². The average Bonchev–Trinajstić information content (AvgIpc) is 2.39. The maximum atomic E-state index is 10.9. The highest BCUT2D eigenvalue weighted by Crippen LogP contribution is 2.19. The number of hydrogen-bond acceptors (Lipinski definition) is 3. The first kappa shape index (κ1) is 14.2. The zero-order valence-corrected chi connectivity index (χ0v) is 10.4. The Kier molecular flexibility index (Phi) is 4.83. The van der Waals surface area contributed by atoms with Crippen molar-refractivity contribution in [3.63, 3.8) is 0 Å². The quantitative estimate of drug-likeness (QED) is 0.892. The maximum absolute atomic E-state index is 10.9. The van der Waals surface area contributed by atoms with Gasteiger partial charge in [0.25, 0.3) is 0 Å². The number of halogens is 1. The van der Waals surface area contributed by atoms with E-state index in [1.54, 1.807) is 24.4 Å². The summed E-state index contributed by atoms with van der Waals surface area (Å²) in [6.07, 6.45) is 1.67. The summed E-state index contributed by atoms with van der Waals surface area (Å²) in [6, 6.07) is 10.4. The number of nitrogens with two attached hydrogens (primary N) is 1. The molecule has 0 aliphatic heterocycles. The molecule has 0 amide bonds. The van der Waals surface area contributed by atoms with Gasteiger partial charge in [0, 0.05) is 18.3 Å². The van der Waals surface area contributed by atoms with E-state index in [0.717, 1.165) is 16.8 Å². The van der Waals surface area contributed by atoms with Gasteiger partial charge in [0.1, 0.15) is 0 Å². The van der Waals surface area contributed by atoms with Crippen molar-refractivity contribution >= 4 is 18.4 Å². The van der Waals surface area contributed by atoms with Gasteiger partial charge in [-0.1, -0.05) is 12.1 Å². The van der Waals surface area contributed by atoms with Crippen molar-refractivity contribution in [2.24, 2.45) is 5.73 Å². The lowest BCUT2D eigenvalue weighted by Crippen LogP contribution is -1.98. The number of rotatable bonds is 3. The SMILES string of the molecule is Cl.NCc1ccnc(-c2cccc(C(=O)O)c2)c1. The van der Waals surface area contributed by atoms with Gasteiger partial charge >= 0.3 is 5.97 Å². The first-order chi connectivity index (χ1) is 8.20. The van der Waals surface area contributed by atoms with Crippen molar-refractivity contribution in [2.45, 2.75) is 6.54 Å². The van der Waals surface area contributed by atoms with Gasteiger partial charge in [-0.3, -0.25) is 4.98 Å². The van der Waals surface area contributed by atoms with Crippen LogP contribution in [0.15, 0.2) is 42.6 Å². The second-order valence-corrected chi connectivity index (χ2v) is 3.64. The minimum Gasteiger partial charge on any atom is -0.478 e. The van der Waals surface area contributed by atoms with E-state index in [-0.39, 0.29) is 18.0 Å². The van der Waals surface area contributed by atoms with Crippen molar-refractivity contribution in [2.75, 3.05) is 0 Å². The summed E-state index contributed by atoms with van der Waals surface area (Å²) in [5, 5.41) is 8.92. The summed E-state index contributed by atoms with van der Waals surface area (Å²) in [5.74, 6) is -0.943. The van der Waals surface area contributed by atoms with Crippen molar-refractivity contribution in [3.05, 3.63) is 53.7 Å². The summed E-state index contributed by atoms with van der Waals surface area (Å²) in [5.41, 5.74) is 8.28. The van der Waals surface area contributed by atoms with Crippen LogP contribution in [0.5, 0.6) is 0 Å². The third-order valence-corrected chi connectivity index (χ3v) is 2.47. The largest absolute Gasteiger partial charge is 0.478 e. The Morgan fingerprint density at radius 1 is 1.28 bits per heavy atom. The van der Waals surface area contributed by atoms with Crippen LogP contribution in [0, 0.1) is 0 Å². The average molecular weight is 265 g/mol. The molecule has 18 heavy (non-hydrogen) atoms. The van der Waals surface area contributed by atoms with Gasteiger partial charge in [-0.25, -0.2) is 4.79 Å². The summed E-state index contributed by atoms with van der Waals surface area (Å²) in [6.45, 7) is 0.439. The lowest BCUT2D eigenvalue weighted by molar-refractivity contribution is 0.0697. The molecule has 1 aromatic heterocycles. The van der Waals surface area contributed by atoms with Crippen LogP contribution in [0.3, 0.4) is 0 Å². The van der Waals surface area contributed by atoms with Crippen LogP contribution in [-0.4, -0.2) is 16.1 Å². The molecule has 0 atom stereocenters. The summed E-state index contributed by atoms with van der Waals surface area (Å²) >= 11 is 0. The number of aromatic carboxylic acids is 1. The number of nitrogens with zero attached hydrogens (tertiary/aromatic N) is 1. The molecule has 1 heterocycles. The van der Waals surface area contributed by atoms with Crippen molar-refractivity contribution in [1.29, 1.82) is 0 Å². The molecule has 0 aliphatic carbocycles. The van der Waals surface area contributed by atoms with Crippen LogP contribution in [0.2, 0.25) is 0 Å². The summed E-state index contributed by atoms with van der Waals surface area (Å²) in [7, 11) is 0. The minimum atomic E-state index is -0.943. The third-order valence-electron chi connectivity index (χ3n) is 2.47. The first-order valence-electron chi connectivity index (χ1n) is 5.19. The predicted molar refractivity (Wildman–Crippen MR) is 71.8 cm³/mol. The molecule has 3 N–H and O–H groups in total. The Morgan fingerprint density at radius 2 is 2.06 bits per heavy atom. The molecule has 1 aromatic carbocycles. The molecule has 0 unspecified atom stereocenters. The molecule has 0 saturated heterocycles. The Labute approximate surface area is 111 Å². The molecule has 0 aliphatic rings. The predicted octanol–water partition coefficient (Wildman–Crippen LogP) is 2.33. The molecule has 4 nitrogen and oxygen atoms in total. The number of carbonyl (C=O) groups is 1. The lowest BCUT2D eigenvalue weighted by Gasteiger charge is -2.04. The van der Waals surface area contributed by atoms with E-state index in [4.69, 9.17) is 10.8 Å². The fourth-order valence-electron chi connectivity index (χ4n) is 1.57. The molecule has 2 rings (SSSR count). The van der Waals surface area contributed by atoms with E-state index in [1.807, 2.05) is 18.2 Å². The van der Waals surface area contributed by atoms with Gasteiger partial charge < -0.3 is 10.8 Å². The normalized spacial score (nSPS) is 9.61. The molecule has 5 heteroatoms. The number of carboxylic acid groups (broad SMARTS) is 1. The number of hydrogen-bond donors (Lipinski definition) is 2. The Hall–Kier alpha value is -1.91. The molecule has 0 spiro atoms. The van der Waals surface area contributed by atoms with Crippen molar-refractivity contribution in [1.82, 2.24) is 4.98 Å². The van der Waals surface area contributed by atoms with Gasteiger partial charge in [0.15, 0.2) is 0 Å². The Morgan fingerprint density at radius 3 is 2.72 bits per heavy atom. The third kappa shape index (κ3) is 3.06. The molecular formula is C13H13ClN2O2. The van der Waals surface area contributed by atoms with Gasteiger partial charge in [-0.05, 0) is 29.8 Å². The molecule has 0 bridgehead atoms. The fourth-order valence-corrected chi connectivity index (χ4v) is 1.57. The number of pyridine rings is 1. The van der Waals surface area contributed by atoms with Crippen molar-refractivity contribution in [3.8, 4) is 11.3 Å². The highest BCUT2D eigenvalue weighted by molar-refractivity contribution is 5.89. The first-order valence-corrected chi connectivity index (χ1v) is 5.19. The molecule has 0 saturated carbocycles. The van der Waals surface area contributed by atoms with Crippen molar-refractivity contribution < 1.29 is 9.90 Å². The van der Waals surface area contributed by atoms with Gasteiger partial charge in [-0.15, -0.1) is 12.4 Å². The maximum Gasteiger partial charge on any atom is 0.335 e. The number of carboxylic acids is 1. The zero-order chi connectivity index (χ0) is 12.3. The fraction of sp³-hybridized carbons (Fsp3) is 0.0769. The second kappa shape index (κ2) is 6.14. The molecule has 94 valence electrons. The standard InChI is InChI=1S/C13H12N2O2.ClH/c14-8-9-4-5-15-12(6-9)10-2-1-3-11(7-10)13(16)17;/h1-7H,8,14H2,(H,16,17);1H. The highest BCUT2D eigenvalue weighted by atomic mass is 35.5. The smallest absolute Gasteiger partial charge is 0.335 e. The van der Waals surface area contributed by atoms with E-state index in [0.29, 0.717) is 6.54 Å². The highest BCUT2D eigenvalue weighted by Gasteiger charge is 2.05.